The molecule has 0 atom stereocenters. The molecule has 0 aromatic heterocycles. The van der Waals surface area contributed by atoms with Crippen molar-refractivity contribution in [3.63, 3.8) is 0 Å². The molecule has 0 saturated carbocycles. The van der Waals surface area contributed by atoms with E-state index in [1.807, 2.05) is 0 Å². The zero-order valence-electron chi connectivity index (χ0n) is 15.1. The Hall–Kier alpha value is -2.42. The summed E-state index contributed by atoms with van der Waals surface area (Å²) in [6, 6.07) is 10.9. The van der Waals surface area contributed by atoms with Gasteiger partial charge in [0.05, 0.1) is 11.4 Å². The van der Waals surface area contributed by atoms with E-state index in [9.17, 15) is 18.0 Å². The van der Waals surface area contributed by atoms with Crippen LogP contribution in [0.1, 0.15) is 15.9 Å². The molecule has 2 aromatic rings. The Morgan fingerprint density at radius 2 is 1.70 bits per heavy atom. The van der Waals surface area contributed by atoms with E-state index in [0.29, 0.717) is 21.8 Å². The normalized spacial score (nSPS) is 11.3. The lowest BCUT2D eigenvalue weighted by molar-refractivity contribution is -0.115. The summed E-state index contributed by atoms with van der Waals surface area (Å²) in [7, 11) is -0.756. The van der Waals surface area contributed by atoms with Crippen molar-refractivity contribution in [1.82, 2.24) is 9.62 Å². The summed E-state index contributed by atoms with van der Waals surface area (Å²) >= 11 is 5.77. The number of halogens is 1. The van der Waals surface area contributed by atoms with E-state index in [1.165, 1.54) is 20.2 Å². The van der Waals surface area contributed by atoms with Crippen LogP contribution in [0.5, 0.6) is 0 Å². The van der Waals surface area contributed by atoms with Crippen molar-refractivity contribution in [2.24, 2.45) is 0 Å². The molecular weight excluding hydrogens is 390 g/mol. The molecule has 2 N–H and O–H groups in total. The van der Waals surface area contributed by atoms with Gasteiger partial charge in [0.2, 0.25) is 15.9 Å². The van der Waals surface area contributed by atoms with E-state index in [1.54, 1.807) is 43.3 Å². The summed E-state index contributed by atoms with van der Waals surface area (Å²) in [5, 5.41) is 5.58. The molecule has 0 saturated heterocycles. The number of nitrogens with one attached hydrogen (secondary N) is 2. The number of nitrogens with zero attached hydrogens (tertiary/aromatic N) is 1. The number of anilines is 1. The first-order chi connectivity index (χ1) is 12.6. The molecule has 144 valence electrons. The van der Waals surface area contributed by atoms with Crippen LogP contribution in [0.25, 0.3) is 0 Å². The number of hydrogen-bond acceptors (Lipinski definition) is 4. The zero-order valence-corrected chi connectivity index (χ0v) is 16.7. The van der Waals surface area contributed by atoms with Crippen LogP contribution in [-0.4, -0.2) is 45.2 Å². The summed E-state index contributed by atoms with van der Waals surface area (Å²) in [5.41, 5.74) is 1.27. The molecule has 27 heavy (non-hydrogen) atoms. The number of carbonyl (C=O) groups is 2. The minimum absolute atomic E-state index is 0.107. The van der Waals surface area contributed by atoms with E-state index in [-0.39, 0.29) is 11.4 Å². The van der Waals surface area contributed by atoms with E-state index in [4.69, 9.17) is 11.6 Å². The summed E-state index contributed by atoms with van der Waals surface area (Å²) in [5.74, 6) is -0.893. The monoisotopic (exact) mass is 409 g/mol. The van der Waals surface area contributed by atoms with Gasteiger partial charge in [-0.25, -0.2) is 12.7 Å². The first kappa shape index (κ1) is 20.9. The second kappa shape index (κ2) is 8.51. The van der Waals surface area contributed by atoms with Crippen LogP contribution >= 0.6 is 11.6 Å². The molecular formula is C18H20ClN3O4S. The third-order valence-electron chi connectivity index (χ3n) is 3.75. The second-order valence-electron chi connectivity index (χ2n) is 6.01. The van der Waals surface area contributed by atoms with Gasteiger partial charge < -0.3 is 10.6 Å². The van der Waals surface area contributed by atoms with Crippen LogP contribution < -0.4 is 10.6 Å². The van der Waals surface area contributed by atoms with Gasteiger partial charge in [-0.2, -0.15) is 0 Å². The summed E-state index contributed by atoms with van der Waals surface area (Å²) in [6.45, 7) is 1.42. The van der Waals surface area contributed by atoms with Crippen molar-refractivity contribution in [3.05, 3.63) is 58.6 Å². The predicted molar refractivity (Wildman–Crippen MR) is 104 cm³/mol. The highest BCUT2D eigenvalue weighted by atomic mass is 35.5. The molecule has 0 heterocycles. The molecule has 2 amide bonds. The van der Waals surface area contributed by atoms with Crippen LogP contribution in [0.15, 0.2) is 47.4 Å². The smallest absolute Gasteiger partial charge is 0.251 e. The average molecular weight is 410 g/mol. The van der Waals surface area contributed by atoms with Crippen LogP contribution in [0.3, 0.4) is 0 Å². The molecule has 7 nitrogen and oxygen atoms in total. The molecule has 0 bridgehead atoms. The van der Waals surface area contributed by atoms with Crippen LogP contribution in [0, 0.1) is 6.92 Å². The number of hydrogen-bond donors (Lipinski definition) is 2. The Bertz CT molecular complexity index is 957. The van der Waals surface area contributed by atoms with Gasteiger partial charge in [-0.1, -0.05) is 17.7 Å². The lowest BCUT2D eigenvalue weighted by atomic mass is 10.2. The van der Waals surface area contributed by atoms with Crippen molar-refractivity contribution in [2.75, 3.05) is 26.0 Å². The maximum absolute atomic E-state index is 12.3. The number of benzene rings is 2. The third-order valence-corrected chi connectivity index (χ3v) is 5.96. The second-order valence-corrected chi connectivity index (χ2v) is 8.56. The van der Waals surface area contributed by atoms with Gasteiger partial charge in [-0.05, 0) is 48.9 Å². The maximum atomic E-state index is 12.3. The fraction of sp³-hybridized carbons (Fsp3) is 0.222. The molecule has 0 aliphatic carbocycles. The summed E-state index contributed by atoms with van der Waals surface area (Å²) in [6.07, 6.45) is 0. The quantitative estimate of drug-likeness (QED) is 0.764. The zero-order chi connectivity index (χ0) is 20.2. The first-order valence-corrected chi connectivity index (χ1v) is 9.80. The van der Waals surface area contributed by atoms with Crippen molar-refractivity contribution < 1.29 is 18.0 Å². The minimum Gasteiger partial charge on any atom is -0.343 e. The molecule has 0 aliphatic heterocycles. The standard InChI is InChI=1S/C18H20ClN3O4S/c1-12-4-9-15(10-16(12)27(25,26)22(2)3)21-17(23)11-20-18(24)13-5-7-14(19)8-6-13/h4-10H,11H2,1-3H3,(H,20,24)(H,21,23). The van der Waals surface area contributed by atoms with Crippen molar-refractivity contribution in [3.8, 4) is 0 Å². The number of amides is 2. The van der Waals surface area contributed by atoms with Gasteiger partial charge in [0.25, 0.3) is 5.91 Å². The number of carbonyl (C=O) groups excluding carboxylic acids is 2. The lowest BCUT2D eigenvalue weighted by Gasteiger charge is -2.15. The molecule has 2 rings (SSSR count). The maximum Gasteiger partial charge on any atom is 0.251 e. The highest BCUT2D eigenvalue weighted by Crippen LogP contribution is 2.22. The Kier molecular flexibility index (Phi) is 6.59. The molecule has 0 radical (unpaired) electrons. The van der Waals surface area contributed by atoms with Crippen molar-refractivity contribution in [1.29, 1.82) is 0 Å². The van der Waals surface area contributed by atoms with Crippen LogP contribution in [0.4, 0.5) is 5.69 Å². The van der Waals surface area contributed by atoms with Gasteiger partial charge in [0.1, 0.15) is 0 Å². The van der Waals surface area contributed by atoms with Crippen molar-refractivity contribution >= 4 is 39.1 Å². The average Bonchev–Trinajstić information content (AvgIpc) is 2.61. The molecule has 0 unspecified atom stereocenters. The minimum atomic E-state index is -3.63. The van der Waals surface area contributed by atoms with Crippen LogP contribution in [-0.2, 0) is 14.8 Å². The topological polar surface area (TPSA) is 95.6 Å². The van der Waals surface area contributed by atoms with Gasteiger partial charge in [-0.3, -0.25) is 9.59 Å². The number of rotatable bonds is 6. The predicted octanol–water partition coefficient (Wildman–Crippen LogP) is 2.27. The molecule has 0 spiro atoms. The Labute approximate surface area is 163 Å². The molecule has 9 heteroatoms. The summed E-state index contributed by atoms with van der Waals surface area (Å²) < 4.78 is 25.8. The highest BCUT2D eigenvalue weighted by molar-refractivity contribution is 7.89. The Morgan fingerprint density at radius 1 is 1.07 bits per heavy atom. The van der Waals surface area contributed by atoms with Gasteiger partial charge in [0, 0.05) is 30.4 Å². The van der Waals surface area contributed by atoms with Gasteiger partial charge in [0.15, 0.2) is 0 Å². The fourth-order valence-corrected chi connectivity index (χ4v) is 3.49. The number of aryl methyl sites for hydroxylation is 1. The fourth-order valence-electron chi connectivity index (χ4n) is 2.22. The first-order valence-electron chi connectivity index (χ1n) is 7.98. The van der Waals surface area contributed by atoms with Crippen LogP contribution in [0.2, 0.25) is 5.02 Å². The van der Waals surface area contributed by atoms with Gasteiger partial charge in [-0.15, -0.1) is 0 Å². The van der Waals surface area contributed by atoms with E-state index in [0.717, 1.165) is 4.31 Å². The van der Waals surface area contributed by atoms with E-state index in [2.05, 4.69) is 10.6 Å². The SMILES string of the molecule is Cc1ccc(NC(=O)CNC(=O)c2ccc(Cl)cc2)cc1S(=O)(=O)N(C)C. The summed E-state index contributed by atoms with van der Waals surface area (Å²) in [4.78, 5) is 24.2. The van der Waals surface area contributed by atoms with Crippen molar-refractivity contribution in [2.45, 2.75) is 11.8 Å². The molecule has 0 fully saturated rings. The Morgan fingerprint density at radius 3 is 2.30 bits per heavy atom. The van der Waals surface area contributed by atoms with Gasteiger partial charge >= 0.3 is 0 Å². The molecule has 0 aliphatic rings. The van der Waals surface area contributed by atoms with E-state index < -0.39 is 21.8 Å². The lowest BCUT2D eigenvalue weighted by Crippen LogP contribution is -2.32. The third kappa shape index (κ3) is 5.29. The largest absolute Gasteiger partial charge is 0.343 e. The van der Waals surface area contributed by atoms with E-state index >= 15 is 0 Å². The highest BCUT2D eigenvalue weighted by Gasteiger charge is 2.20. The molecule has 2 aromatic carbocycles. The Balaban J connectivity index is 2.04. The number of sulfonamides is 1.